The average molecular weight is 389 g/mol. The summed E-state index contributed by atoms with van der Waals surface area (Å²) in [7, 11) is 0. The Labute approximate surface area is 175 Å². The van der Waals surface area contributed by atoms with Gasteiger partial charge in [0.25, 0.3) is 0 Å². The van der Waals surface area contributed by atoms with Gasteiger partial charge >= 0.3 is 0 Å². The molecule has 0 amide bonds. The lowest BCUT2D eigenvalue weighted by Gasteiger charge is -2.56. The fourth-order valence-electron chi connectivity index (χ4n) is 9.00. The van der Waals surface area contributed by atoms with E-state index in [-0.39, 0.29) is 6.10 Å². The fraction of sp³-hybridized carbons (Fsp3) is 1.00. The first-order valence-electron chi connectivity index (χ1n) is 13.0. The van der Waals surface area contributed by atoms with E-state index in [1.165, 1.54) is 77.0 Å². The summed E-state index contributed by atoms with van der Waals surface area (Å²) < 4.78 is 0. The fourth-order valence-corrected chi connectivity index (χ4v) is 9.00. The van der Waals surface area contributed by atoms with E-state index in [4.69, 9.17) is 0 Å². The van der Waals surface area contributed by atoms with Crippen molar-refractivity contribution in [2.75, 3.05) is 0 Å². The Balaban J connectivity index is 1.47. The molecule has 4 rings (SSSR count). The minimum Gasteiger partial charge on any atom is -0.393 e. The maximum atomic E-state index is 10.3. The van der Waals surface area contributed by atoms with Crippen LogP contribution in [0.2, 0.25) is 0 Å². The Morgan fingerprint density at radius 3 is 2.43 bits per heavy atom. The highest BCUT2D eigenvalue weighted by molar-refractivity contribution is 5.07. The van der Waals surface area contributed by atoms with Crippen molar-refractivity contribution in [2.45, 2.75) is 124 Å². The van der Waals surface area contributed by atoms with Crippen molar-refractivity contribution in [3.8, 4) is 0 Å². The maximum Gasteiger partial charge on any atom is 0.0543 e. The molecular formula is C27H48O. The standard InChI is InChI=1S/C27H48O/c1-19(2)8-5-6-9-20-12-14-25-23-13-11-21-18-22(28)15-17-27(21,4)24(23)10-7-16-26(20,25)3/h19-25,28H,5-18H2,1-4H3. The highest BCUT2D eigenvalue weighted by atomic mass is 16.3. The number of fused-ring (bicyclic) bond motifs is 5. The van der Waals surface area contributed by atoms with E-state index in [0.29, 0.717) is 10.8 Å². The van der Waals surface area contributed by atoms with Gasteiger partial charge in [-0.05, 0) is 111 Å². The van der Waals surface area contributed by atoms with Crippen LogP contribution in [-0.2, 0) is 0 Å². The van der Waals surface area contributed by atoms with Gasteiger partial charge < -0.3 is 5.11 Å². The minimum atomic E-state index is -0.00707. The minimum absolute atomic E-state index is 0.00707. The largest absolute Gasteiger partial charge is 0.393 e. The van der Waals surface area contributed by atoms with Crippen LogP contribution in [0.3, 0.4) is 0 Å². The zero-order chi connectivity index (χ0) is 19.9. The molecule has 0 saturated heterocycles. The molecule has 4 fully saturated rings. The summed E-state index contributed by atoms with van der Waals surface area (Å²) in [5.74, 6) is 5.61. The molecule has 1 nitrogen and oxygen atoms in total. The molecule has 4 aliphatic rings. The van der Waals surface area contributed by atoms with E-state index in [0.717, 1.165) is 48.3 Å². The second kappa shape index (κ2) is 8.24. The summed E-state index contributed by atoms with van der Waals surface area (Å²) in [6.07, 6.45) is 19.7. The van der Waals surface area contributed by atoms with Crippen LogP contribution in [0.25, 0.3) is 0 Å². The first-order chi connectivity index (χ1) is 13.3. The SMILES string of the molecule is CC(C)CCCCC1CCC2C3CCC4CC(O)CCC4(C)C3CCCC12C. The topological polar surface area (TPSA) is 20.2 Å². The molecule has 4 aliphatic carbocycles. The van der Waals surface area contributed by atoms with Crippen LogP contribution in [0.5, 0.6) is 0 Å². The highest BCUT2D eigenvalue weighted by Gasteiger charge is 2.58. The van der Waals surface area contributed by atoms with Gasteiger partial charge in [-0.25, -0.2) is 0 Å². The zero-order valence-electron chi connectivity index (χ0n) is 19.4. The third-order valence-corrected chi connectivity index (χ3v) is 10.7. The van der Waals surface area contributed by atoms with Gasteiger partial charge in [0.15, 0.2) is 0 Å². The first-order valence-corrected chi connectivity index (χ1v) is 13.0. The Bertz CT molecular complexity index is 526. The van der Waals surface area contributed by atoms with Gasteiger partial charge in [-0.2, -0.15) is 0 Å². The predicted molar refractivity (Wildman–Crippen MR) is 119 cm³/mol. The van der Waals surface area contributed by atoms with Gasteiger partial charge in [0.1, 0.15) is 0 Å². The third kappa shape index (κ3) is 3.72. The maximum absolute atomic E-state index is 10.3. The van der Waals surface area contributed by atoms with Crippen molar-refractivity contribution in [1.29, 1.82) is 0 Å². The third-order valence-electron chi connectivity index (χ3n) is 10.7. The molecule has 0 heterocycles. The molecule has 28 heavy (non-hydrogen) atoms. The first kappa shape index (κ1) is 21.2. The van der Waals surface area contributed by atoms with E-state index >= 15 is 0 Å². The normalized spacial score (nSPS) is 48.6. The number of aliphatic hydroxyl groups is 1. The smallest absolute Gasteiger partial charge is 0.0543 e. The molecule has 162 valence electrons. The molecule has 1 heteroatoms. The lowest BCUT2D eigenvalue weighted by atomic mass is 9.49. The quantitative estimate of drug-likeness (QED) is 0.480. The monoisotopic (exact) mass is 388 g/mol. The van der Waals surface area contributed by atoms with Gasteiger partial charge in [-0.15, -0.1) is 0 Å². The summed E-state index contributed by atoms with van der Waals surface area (Å²) in [6, 6.07) is 0. The van der Waals surface area contributed by atoms with Gasteiger partial charge in [-0.3, -0.25) is 0 Å². The average Bonchev–Trinajstić information content (AvgIpc) is 2.87. The van der Waals surface area contributed by atoms with Gasteiger partial charge in [0.2, 0.25) is 0 Å². The molecule has 4 saturated carbocycles. The van der Waals surface area contributed by atoms with Crippen LogP contribution < -0.4 is 0 Å². The molecular weight excluding hydrogens is 340 g/mol. The Hall–Kier alpha value is -0.0400. The zero-order valence-corrected chi connectivity index (χ0v) is 19.4. The summed E-state index contributed by atoms with van der Waals surface area (Å²) in [6.45, 7) is 10.1. The van der Waals surface area contributed by atoms with Gasteiger partial charge in [0.05, 0.1) is 6.10 Å². The summed E-state index contributed by atoms with van der Waals surface area (Å²) in [5, 5.41) is 10.3. The Kier molecular flexibility index (Phi) is 6.24. The van der Waals surface area contributed by atoms with E-state index in [1.54, 1.807) is 0 Å². The van der Waals surface area contributed by atoms with Crippen LogP contribution in [-0.4, -0.2) is 11.2 Å². The van der Waals surface area contributed by atoms with E-state index in [1.807, 2.05) is 0 Å². The molecule has 1 N–H and O–H groups in total. The molecule has 0 radical (unpaired) electrons. The van der Waals surface area contributed by atoms with Crippen LogP contribution in [0.1, 0.15) is 118 Å². The molecule has 0 aromatic carbocycles. The van der Waals surface area contributed by atoms with E-state index in [9.17, 15) is 5.11 Å². The summed E-state index contributed by atoms with van der Waals surface area (Å²) in [5.41, 5.74) is 1.16. The van der Waals surface area contributed by atoms with Crippen molar-refractivity contribution in [1.82, 2.24) is 0 Å². The number of hydrogen-bond acceptors (Lipinski definition) is 1. The highest BCUT2D eigenvalue weighted by Crippen LogP contribution is 2.66. The number of hydrogen-bond donors (Lipinski definition) is 1. The van der Waals surface area contributed by atoms with Crippen molar-refractivity contribution < 1.29 is 5.11 Å². The van der Waals surface area contributed by atoms with Crippen molar-refractivity contribution in [3.05, 3.63) is 0 Å². The second-order valence-corrected chi connectivity index (χ2v) is 12.4. The van der Waals surface area contributed by atoms with E-state index in [2.05, 4.69) is 27.7 Å². The van der Waals surface area contributed by atoms with Crippen molar-refractivity contribution in [3.63, 3.8) is 0 Å². The lowest BCUT2D eigenvalue weighted by Crippen LogP contribution is -2.50. The second-order valence-electron chi connectivity index (χ2n) is 12.4. The molecule has 0 aromatic rings. The van der Waals surface area contributed by atoms with Crippen LogP contribution in [0, 0.1) is 46.3 Å². The van der Waals surface area contributed by atoms with Crippen LogP contribution >= 0.6 is 0 Å². The van der Waals surface area contributed by atoms with Gasteiger partial charge in [0, 0.05) is 0 Å². The lowest BCUT2D eigenvalue weighted by molar-refractivity contribution is -0.0909. The summed E-state index contributed by atoms with van der Waals surface area (Å²) in [4.78, 5) is 0. The molecule has 0 bridgehead atoms. The molecule has 0 spiro atoms. The van der Waals surface area contributed by atoms with Crippen molar-refractivity contribution >= 4 is 0 Å². The number of rotatable bonds is 5. The van der Waals surface area contributed by atoms with Crippen LogP contribution in [0.15, 0.2) is 0 Å². The summed E-state index contributed by atoms with van der Waals surface area (Å²) >= 11 is 0. The Morgan fingerprint density at radius 2 is 1.64 bits per heavy atom. The molecule has 0 aromatic heterocycles. The molecule has 0 aliphatic heterocycles. The molecule has 8 unspecified atom stereocenters. The van der Waals surface area contributed by atoms with Gasteiger partial charge in [-0.1, -0.05) is 53.4 Å². The predicted octanol–water partition coefficient (Wildman–Crippen LogP) is 7.61. The van der Waals surface area contributed by atoms with Crippen molar-refractivity contribution in [2.24, 2.45) is 46.3 Å². The Morgan fingerprint density at radius 1 is 0.857 bits per heavy atom. The van der Waals surface area contributed by atoms with E-state index < -0.39 is 0 Å². The number of unbranched alkanes of at least 4 members (excludes halogenated alkanes) is 1. The number of aliphatic hydroxyl groups excluding tert-OH is 1. The molecule has 8 atom stereocenters. The van der Waals surface area contributed by atoms with Crippen LogP contribution in [0.4, 0.5) is 0 Å².